The van der Waals surface area contributed by atoms with E-state index >= 15 is 0 Å². The number of benzene rings is 1. The second-order valence-corrected chi connectivity index (χ2v) is 7.59. The molecule has 1 atom stereocenters. The molecule has 1 saturated heterocycles. The van der Waals surface area contributed by atoms with Gasteiger partial charge in [0.1, 0.15) is 12.3 Å². The van der Waals surface area contributed by atoms with Gasteiger partial charge in [0, 0.05) is 31.8 Å². The van der Waals surface area contributed by atoms with Crippen molar-refractivity contribution in [3.8, 4) is 11.3 Å². The van der Waals surface area contributed by atoms with Crippen molar-refractivity contribution in [1.82, 2.24) is 10.1 Å². The maximum atomic E-state index is 12.7. The summed E-state index contributed by atoms with van der Waals surface area (Å²) in [6, 6.07) is 8.39. The molecule has 1 amide bonds. The number of nitrogens with zero attached hydrogens (tertiary/aromatic N) is 3. The van der Waals surface area contributed by atoms with Crippen molar-refractivity contribution in [3.63, 3.8) is 0 Å². The van der Waals surface area contributed by atoms with E-state index in [1.807, 2.05) is 4.90 Å². The van der Waals surface area contributed by atoms with Crippen LogP contribution in [-0.4, -0.2) is 48.8 Å². The lowest BCUT2D eigenvalue weighted by Crippen LogP contribution is -2.40. The van der Waals surface area contributed by atoms with Gasteiger partial charge in [-0.3, -0.25) is 4.79 Å². The van der Waals surface area contributed by atoms with Gasteiger partial charge in [-0.05, 0) is 33.1 Å². The van der Waals surface area contributed by atoms with E-state index in [4.69, 9.17) is 9.26 Å². The molecule has 2 aromatic rings. The van der Waals surface area contributed by atoms with E-state index < -0.39 is 0 Å². The van der Waals surface area contributed by atoms with Crippen LogP contribution in [0.25, 0.3) is 11.3 Å². The maximum Gasteiger partial charge on any atom is 0.249 e. The van der Waals surface area contributed by atoms with Gasteiger partial charge in [-0.2, -0.15) is 0 Å². The van der Waals surface area contributed by atoms with Gasteiger partial charge in [-0.25, -0.2) is 0 Å². The summed E-state index contributed by atoms with van der Waals surface area (Å²) >= 11 is 0. The molecule has 3 rings (SSSR count). The summed E-state index contributed by atoms with van der Waals surface area (Å²) < 4.78 is 10.9. The lowest BCUT2D eigenvalue weighted by atomic mass is 10.0. The standard InChI is InChI=1S/C22H31N3O3/c1-5-17(3)25(20(26)15-27-4)14-19-21(18-10-8-16(2)9-11-18)23-28-22(19)24-12-6-7-13-24/h8-11,17H,5-7,12-15H2,1-4H3. The largest absolute Gasteiger partial charge is 0.375 e. The van der Waals surface area contributed by atoms with Crippen molar-refractivity contribution in [2.75, 3.05) is 31.7 Å². The van der Waals surface area contributed by atoms with Gasteiger partial charge < -0.3 is 19.1 Å². The third kappa shape index (κ3) is 4.38. The highest BCUT2D eigenvalue weighted by Gasteiger charge is 2.29. The highest BCUT2D eigenvalue weighted by Crippen LogP contribution is 2.34. The van der Waals surface area contributed by atoms with Crippen LogP contribution in [0.2, 0.25) is 0 Å². The molecule has 1 aromatic carbocycles. The molecule has 6 heteroatoms. The molecule has 1 aliphatic heterocycles. The Kier molecular flexibility index (Phi) is 6.73. The highest BCUT2D eigenvalue weighted by molar-refractivity contribution is 5.78. The maximum absolute atomic E-state index is 12.7. The summed E-state index contributed by atoms with van der Waals surface area (Å²) in [5.41, 5.74) is 4.01. The fraction of sp³-hybridized carbons (Fsp3) is 0.545. The molecule has 0 radical (unpaired) electrons. The van der Waals surface area contributed by atoms with Crippen LogP contribution in [-0.2, 0) is 16.1 Å². The molecule has 0 bridgehead atoms. The molecule has 6 nitrogen and oxygen atoms in total. The number of methoxy groups -OCH3 is 1. The normalized spacial score (nSPS) is 15.1. The van der Waals surface area contributed by atoms with Crippen LogP contribution in [0.1, 0.15) is 44.2 Å². The summed E-state index contributed by atoms with van der Waals surface area (Å²) in [4.78, 5) is 16.9. The molecular formula is C22H31N3O3. The van der Waals surface area contributed by atoms with Gasteiger partial charge in [-0.1, -0.05) is 41.9 Å². The zero-order valence-electron chi connectivity index (χ0n) is 17.4. The summed E-state index contributed by atoms with van der Waals surface area (Å²) in [5.74, 6) is 0.784. The monoisotopic (exact) mass is 385 g/mol. The SMILES string of the molecule is CCC(C)N(Cc1c(-c2ccc(C)cc2)noc1N1CCCC1)C(=O)COC. The molecule has 0 aliphatic carbocycles. The molecule has 1 fully saturated rings. The number of hydrogen-bond donors (Lipinski definition) is 0. The fourth-order valence-corrected chi connectivity index (χ4v) is 3.64. The van der Waals surface area contributed by atoms with Crippen LogP contribution in [0.3, 0.4) is 0 Å². The van der Waals surface area contributed by atoms with Crippen molar-refractivity contribution in [3.05, 3.63) is 35.4 Å². The fourth-order valence-electron chi connectivity index (χ4n) is 3.64. The second kappa shape index (κ2) is 9.24. The Hall–Kier alpha value is -2.34. The number of anilines is 1. The average molecular weight is 386 g/mol. The van der Waals surface area contributed by atoms with Gasteiger partial charge in [0.05, 0.1) is 12.1 Å². The Balaban J connectivity index is 2.00. The average Bonchev–Trinajstić information content (AvgIpc) is 3.36. The van der Waals surface area contributed by atoms with E-state index in [2.05, 4.69) is 55.1 Å². The Labute approximate surface area is 167 Å². The van der Waals surface area contributed by atoms with Crippen LogP contribution in [0, 0.1) is 6.92 Å². The van der Waals surface area contributed by atoms with Crippen molar-refractivity contribution in [1.29, 1.82) is 0 Å². The molecule has 1 aromatic heterocycles. The molecule has 0 spiro atoms. The van der Waals surface area contributed by atoms with Crippen LogP contribution in [0.5, 0.6) is 0 Å². The minimum absolute atomic E-state index is 0.0136. The Bertz CT molecular complexity index is 779. The first kappa shape index (κ1) is 20.4. The molecule has 0 N–H and O–H groups in total. The van der Waals surface area contributed by atoms with E-state index in [1.165, 1.54) is 5.56 Å². The van der Waals surface area contributed by atoms with E-state index in [9.17, 15) is 4.79 Å². The van der Waals surface area contributed by atoms with Crippen molar-refractivity contribution in [2.24, 2.45) is 0 Å². The summed E-state index contributed by atoms with van der Waals surface area (Å²) in [6.45, 7) is 8.70. The van der Waals surface area contributed by atoms with Gasteiger partial charge in [-0.15, -0.1) is 0 Å². The predicted octanol–water partition coefficient (Wildman–Crippen LogP) is 4.02. The van der Waals surface area contributed by atoms with E-state index in [0.29, 0.717) is 6.54 Å². The van der Waals surface area contributed by atoms with Gasteiger partial charge >= 0.3 is 0 Å². The lowest BCUT2D eigenvalue weighted by Gasteiger charge is -2.29. The Morgan fingerprint density at radius 1 is 1.29 bits per heavy atom. The van der Waals surface area contributed by atoms with E-state index in [1.54, 1.807) is 7.11 Å². The summed E-state index contributed by atoms with van der Waals surface area (Å²) in [6.07, 6.45) is 3.18. The number of hydrogen-bond acceptors (Lipinski definition) is 5. The number of carbonyl (C=O) groups is 1. The van der Waals surface area contributed by atoms with Crippen molar-refractivity contribution in [2.45, 2.75) is 52.6 Å². The number of carbonyl (C=O) groups excluding carboxylic acids is 1. The molecule has 2 heterocycles. The molecule has 1 aliphatic rings. The topological polar surface area (TPSA) is 58.8 Å². The minimum atomic E-state index is -0.0136. The van der Waals surface area contributed by atoms with Crippen LogP contribution >= 0.6 is 0 Å². The van der Waals surface area contributed by atoms with Crippen LogP contribution < -0.4 is 4.90 Å². The zero-order chi connectivity index (χ0) is 20.1. The summed E-state index contributed by atoms with van der Waals surface area (Å²) in [5, 5.41) is 4.42. The minimum Gasteiger partial charge on any atom is -0.375 e. The third-order valence-electron chi connectivity index (χ3n) is 5.53. The molecule has 1 unspecified atom stereocenters. The molecular weight excluding hydrogens is 354 g/mol. The smallest absolute Gasteiger partial charge is 0.249 e. The first-order chi connectivity index (χ1) is 13.5. The molecule has 28 heavy (non-hydrogen) atoms. The van der Waals surface area contributed by atoms with Gasteiger partial charge in [0.2, 0.25) is 11.8 Å². The Morgan fingerprint density at radius 3 is 2.57 bits per heavy atom. The number of aryl methyl sites for hydroxylation is 1. The zero-order valence-corrected chi connectivity index (χ0v) is 17.4. The van der Waals surface area contributed by atoms with Crippen molar-refractivity contribution >= 4 is 11.8 Å². The number of ether oxygens (including phenoxy) is 1. The van der Waals surface area contributed by atoms with Crippen LogP contribution in [0.4, 0.5) is 5.88 Å². The second-order valence-electron chi connectivity index (χ2n) is 7.59. The lowest BCUT2D eigenvalue weighted by molar-refractivity contribution is -0.138. The van der Waals surface area contributed by atoms with Gasteiger partial charge in [0.15, 0.2) is 0 Å². The quantitative estimate of drug-likeness (QED) is 0.687. The van der Waals surface area contributed by atoms with Crippen LogP contribution in [0.15, 0.2) is 28.8 Å². The molecule has 152 valence electrons. The number of rotatable bonds is 8. The first-order valence-electron chi connectivity index (χ1n) is 10.1. The van der Waals surface area contributed by atoms with E-state index in [0.717, 1.165) is 55.1 Å². The van der Waals surface area contributed by atoms with Gasteiger partial charge in [0.25, 0.3) is 0 Å². The number of aromatic nitrogens is 1. The van der Waals surface area contributed by atoms with Crippen molar-refractivity contribution < 1.29 is 14.1 Å². The Morgan fingerprint density at radius 2 is 1.96 bits per heavy atom. The number of amides is 1. The first-order valence-corrected chi connectivity index (χ1v) is 10.1. The summed E-state index contributed by atoms with van der Waals surface area (Å²) in [7, 11) is 1.56. The third-order valence-corrected chi connectivity index (χ3v) is 5.53. The molecule has 0 saturated carbocycles. The van der Waals surface area contributed by atoms with E-state index in [-0.39, 0.29) is 18.6 Å². The highest BCUT2D eigenvalue weighted by atomic mass is 16.5. The predicted molar refractivity (Wildman–Crippen MR) is 110 cm³/mol.